The molecule has 0 spiro atoms. The van der Waals surface area contributed by atoms with Crippen LogP contribution in [0.5, 0.6) is 11.5 Å². The second-order valence-corrected chi connectivity index (χ2v) is 8.75. The Morgan fingerprint density at radius 3 is 2.42 bits per heavy atom. The minimum absolute atomic E-state index is 0.0433. The van der Waals surface area contributed by atoms with Crippen LogP contribution in [0.25, 0.3) is 11.0 Å². The van der Waals surface area contributed by atoms with E-state index in [1.165, 1.54) is 4.90 Å². The lowest BCUT2D eigenvalue weighted by atomic mass is 9.94. The Morgan fingerprint density at radius 2 is 1.72 bits per heavy atom. The number of rotatable bonds is 7. The molecule has 0 saturated carbocycles. The van der Waals surface area contributed by atoms with Crippen LogP contribution < -0.4 is 14.4 Å². The number of hydrogen-bond acceptors (Lipinski definition) is 6. The van der Waals surface area contributed by atoms with Gasteiger partial charge in [0.1, 0.15) is 17.1 Å². The summed E-state index contributed by atoms with van der Waals surface area (Å²) in [4.78, 5) is 28.6. The molecule has 3 aromatic carbocycles. The van der Waals surface area contributed by atoms with Crippen LogP contribution >= 0.6 is 0 Å². The zero-order valence-electron chi connectivity index (χ0n) is 20.1. The monoisotopic (exact) mass is 483 g/mol. The molecule has 36 heavy (non-hydrogen) atoms. The number of methoxy groups -OCH3 is 1. The summed E-state index contributed by atoms with van der Waals surface area (Å²) in [6.07, 6.45) is -0.0660. The van der Waals surface area contributed by atoms with Crippen molar-refractivity contribution in [3.8, 4) is 11.5 Å². The van der Waals surface area contributed by atoms with Gasteiger partial charge in [0.15, 0.2) is 11.5 Å². The smallest absolute Gasteiger partial charge is 0.294 e. The van der Waals surface area contributed by atoms with E-state index in [0.717, 1.165) is 5.39 Å². The number of nitrogens with zero attached hydrogens (tertiary/aromatic N) is 1. The van der Waals surface area contributed by atoms with Crippen LogP contribution in [0.4, 0.5) is 5.69 Å². The Labute approximate surface area is 208 Å². The summed E-state index contributed by atoms with van der Waals surface area (Å²) < 4.78 is 16.9. The summed E-state index contributed by atoms with van der Waals surface area (Å²) in [5.41, 5.74) is 1.60. The lowest BCUT2D eigenvalue weighted by molar-refractivity contribution is -0.117. The molecule has 5 rings (SSSR count). The minimum Gasteiger partial charge on any atom is -0.503 e. The highest BCUT2D eigenvalue weighted by molar-refractivity contribution is 6.20. The van der Waals surface area contributed by atoms with E-state index in [9.17, 15) is 14.7 Å². The largest absolute Gasteiger partial charge is 0.503 e. The van der Waals surface area contributed by atoms with Crippen LogP contribution in [0.15, 0.2) is 94.6 Å². The number of aliphatic hydroxyl groups is 1. The molecule has 1 N–H and O–H groups in total. The number of carbonyl (C=O) groups is 2. The number of amides is 1. The summed E-state index contributed by atoms with van der Waals surface area (Å²) in [7, 11) is 1.55. The Morgan fingerprint density at radius 1 is 0.972 bits per heavy atom. The number of furan rings is 1. The summed E-state index contributed by atoms with van der Waals surface area (Å²) in [5, 5.41) is 11.8. The molecule has 2 heterocycles. The lowest BCUT2D eigenvalue weighted by Crippen LogP contribution is -2.31. The predicted molar refractivity (Wildman–Crippen MR) is 136 cm³/mol. The number of anilines is 1. The molecule has 0 aliphatic carbocycles. The van der Waals surface area contributed by atoms with Crippen molar-refractivity contribution in [1.82, 2.24) is 0 Å². The topological polar surface area (TPSA) is 89.2 Å². The number of Topliss-reactive ketones (excluding diaryl/α,β-unsaturated/α-hetero) is 1. The summed E-state index contributed by atoms with van der Waals surface area (Å²) in [6.45, 7) is 3.83. The number of para-hydroxylation sites is 1. The van der Waals surface area contributed by atoms with Crippen molar-refractivity contribution in [2.45, 2.75) is 26.0 Å². The zero-order valence-corrected chi connectivity index (χ0v) is 20.1. The average Bonchev–Trinajstić information content (AvgIpc) is 3.43. The minimum atomic E-state index is -0.901. The molecular formula is C29H25NO6. The van der Waals surface area contributed by atoms with Gasteiger partial charge in [0.05, 0.1) is 24.8 Å². The van der Waals surface area contributed by atoms with Crippen LogP contribution in [0, 0.1) is 0 Å². The van der Waals surface area contributed by atoms with Gasteiger partial charge in [-0.15, -0.1) is 0 Å². The van der Waals surface area contributed by atoms with E-state index >= 15 is 0 Å². The van der Waals surface area contributed by atoms with Gasteiger partial charge in [-0.05, 0) is 67.9 Å². The second kappa shape index (κ2) is 9.26. The molecule has 0 fully saturated rings. The predicted octanol–water partition coefficient (Wildman–Crippen LogP) is 6.01. The van der Waals surface area contributed by atoms with Crippen LogP contribution in [0.1, 0.15) is 36.0 Å². The molecular weight excluding hydrogens is 458 g/mol. The molecule has 1 aromatic heterocycles. The maximum atomic E-state index is 13.8. The number of ether oxygens (including phenoxy) is 2. The molecule has 1 aliphatic heterocycles. The third-order valence-corrected chi connectivity index (χ3v) is 6.00. The molecule has 1 amide bonds. The zero-order chi connectivity index (χ0) is 25.4. The summed E-state index contributed by atoms with van der Waals surface area (Å²) in [6, 6.07) is 22.0. The van der Waals surface area contributed by atoms with E-state index in [-0.39, 0.29) is 17.4 Å². The molecule has 0 saturated heterocycles. The maximum absolute atomic E-state index is 13.8. The third kappa shape index (κ3) is 4.09. The first-order valence-electron chi connectivity index (χ1n) is 11.6. The first-order valence-corrected chi connectivity index (χ1v) is 11.6. The van der Waals surface area contributed by atoms with Gasteiger partial charge in [-0.2, -0.15) is 0 Å². The first kappa shape index (κ1) is 23.2. The van der Waals surface area contributed by atoms with Gasteiger partial charge >= 0.3 is 0 Å². The fourth-order valence-corrected chi connectivity index (χ4v) is 4.42. The number of hydrogen-bond donors (Lipinski definition) is 1. The molecule has 1 atom stereocenters. The molecule has 1 unspecified atom stereocenters. The van der Waals surface area contributed by atoms with Crippen molar-refractivity contribution in [2.75, 3.05) is 12.0 Å². The van der Waals surface area contributed by atoms with Crippen molar-refractivity contribution >= 4 is 28.3 Å². The molecule has 0 radical (unpaired) electrons. The second-order valence-electron chi connectivity index (χ2n) is 8.75. The highest BCUT2D eigenvalue weighted by atomic mass is 16.5. The van der Waals surface area contributed by atoms with Gasteiger partial charge in [-0.25, -0.2) is 0 Å². The van der Waals surface area contributed by atoms with Crippen LogP contribution in [0.3, 0.4) is 0 Å². The van der Waals surface area contributed by atoms with Crippen molar-refractivity contribution in [2.24, 2.45) is 0 Å². The number of fused-ring (bicyclic) bond motifs is 1. The fraction of sp³-hybridized carbons (Fsp3) is 0.172. The van der Waals surface area contributed by atoms with Crippen molar-refractivity contribution in [3.63, 3.8) is 0 Å². The molecule has 0 bridgehead atoms. The Bertz CT molecular complexity index is 1450. The van der Waals surface area contributed by atoms with E-state index < -0.39 is 23.5 Å². The molecule has 4 aromatic rings. The highest BCUT2D eigenvalue weighted by Gasteiger charge is 2.45. The van der Waals surface area contributed by atoms with E-state index in [0.29, 0.717) is 28.3 Å². The standard InChI is InChI=1S/C29H25NO6/c1-17(2)35-22-9-6-8-19(15-22)26-25(27(31)24-16-18-7-4-5-10-23(18)36-24)28(32)29(33)30(26)20-11-13-21(34-3)14-12-20/h4-17,26,32H,1-3H3. The molecule has 7 nitrogen and oxygen atoms in total. The molecule has 7 heteroatoms. The van der Waals surface area contributed by atoms with Crippen LogP contribution in [-0.4, -0.2) is 30.0 Å². The van der Waals surface area contributed by atoms with Gasteiger partial charge in [0.25, 0.3) is 5.91 Å². The van der Waals surface area contributed by atoms with Crippen molar-refractivity contribution in [3.05, 3.63) is 102 Å². The van der Waals surface area contributed by atoms with E-state index in [4.69, 9.17) is 13.9 Å². The average molecular weight is 484 g/mol. The van der Waals surface area contributed by atoms with Crippen LogP contribution in [0.2, 0.25) is 0 Å². The lowest BCUT2D eigenvalue weighted by Gasteiger charge is -2.27. The molecule has 182 valence electrons. The van der Waals surface area contributed by atoms with Crippen molar-refractivity contribution in [1.29, 1.82) is 0 Å². The van der Waals surface area contributed by atoms with Gasteiger partial charge < -0.3 is 19.0 Å². The van der Waals surface area contributed by atoms with Crippen molar-refractivity contribution < 1.29 is 28.6 Å². The maximum Gasteiger partial charge on any atom is 0.294 e. The SMILES string of the molecule is COc1ccc(N2C(=O)C(O)=C(C(=O)c3cc4ccccc4o3)C2c2cccc(OC(C)C)c2)cc1. The normalized spacial score (nSPS) is 15.7. The fourth-order valence-electron chi connectivity index (χ4n) is 4.42. The quantitative estimate of drug-likeness (QED) is 0.324. The summed E-state index contributed by atoms with van der Waals surface area (Å²) in [5.74, 6) is -0.609. The number of benzene rings is 3. The highest BCUT2D eigenvalue weighted by Crippen LogP contribution is 2.43. The van der Waals surface area contributed by atoms with Gasteiger partial charge in [-0.1, -0.05) is 30.3 Å². The Kier molecular flexibility index (Phi) is 5.98. The molecule has 1 aliphatic rings. The Hall–Kier alpha value is -4.52. The number of aliphatic hydroxyl groups excluding tert-OH is 1. The van der Waals surface area contributed by atoms with E-state index in [1.807, 2.05) is 38.1 Å². The van der Waals surface area contributed by atoms with Gasteiger partial charge in [0.2, 0.25) is 5.78 Å². The van der Waals surface area contributed by atoms with Crippen LogP contribution in [-0.2, 0) is 4.79 Å². The van der Waals surface area contributed by atoms with Gasteiger partial charge in [-0.3, -0.25) is 14.5 Å². The Balaban J connectivity index is 1.64. The van der Waals surface area contributed by atoms with Gasteiger partial charge in [0, 0.05) is 11.1 Å². The number of carbonyl (C=O) groups excluding carboxylic acids is 2. The third-order valence-electron chi connectivity index (χ3n) is 6.00. The first-order chi connectivity index (χ1) is 17.4. The summed E-state index contributed by atoms with van der Waals surface area (Å²) >= 11 is 0. The van der Waals surface area contributed by atoms with E-state index in [1.54, 1.807) is 61.7 Å². The van der Waals surface area contributed by atoms with E-state index in [2.05, 4.69) is 0 Å². The number of ketones is 1.